The van der Waals surface area contributed by atoms with Crippen LogP contribution in [-0.2, 0) is 43.7 Å². The lowest BCUT2D eigenvalue weighted by Crippen LogP contribution is -2.61. The number of esters is 1. The fourth-order valence-electron chi connectivity index (χ4n) is 11.3. The number of carbonyl (C=O) groups is 4. The van der Waals surface area contributed by atoms with Gasteiger partial charge in [0.2, 0.25) is 11.8 Å². The minimum absolute atomic E-state index is 0.0129. The van der Waals surface area contributed by atoms with Crippen LogP contribution >= 0.6 is 0 Å². The summed E-state index contributed by atoms with van der Waals surface area (Å²) in [4.78, 5) is 88.7. The number of rotatable bonds is 15. The number of hydrogen-bond acceptors (Lipinski definition) is 16. The molecular formula is C63H49N7O14. The van der Waals surface area contributed by atoms with E-state index in [0.29, 0.717) is 97.4 Å². The third-order valence-electron chi connectivity index (χ3n) is 15.4. The van der Waals surface area contributed by atoms with Gasteiger partial charge < -0.3 is 48.2 Å². The first-order chi connectivity index (χ1) is 40.6. The van der Waals surface area contributed by atoms with E-state index < -0.39 is 36.0 Å². The molecule has 0 unspecified atom stereocenters. The zero-order chi connectivity index (χ0) is 58.5. The minimum Gasteiger partial charge on any atom is -0.489 e. The number of aliphatic hydroxyl groups is 2. The number of aliphatic carboxylic acids is 1. The van der Waals surface area contributed by atoms with Crippen LogP contribution in [0.5, 0.6) is 11.5 Å². The molecule has 0 saturated carbocycles. The van der Waals surface area contributed by atoms with Crippen LogP contribution in [0, 0.1) is 11.8 Å². The summed E-state index contributed by atoms with van der Waals surface area (Å²) in [7, 11) is 0. The highest BCUT2D eigenvalue weighted by Crippen LogP contribution is 2.49. The zero-order valence-electron chi connectivity index (χ0n) is 44.8. The van der Waals surface area contributed by atoms with Crippen molar-refractivity contribution in [3.05, 3.63) is 216 Å². The van der Waals surface area contributed by atoms with Crippen LogP contribution in [0.4, 0.5) is 5.69 Å². The average Bonchev–Trinajstić information content (AvgIpc) is 1.85. The van der Waals surface area contributed by atoms with E-state index in [2.05, 4.69) is 20.0 Å². The summed E-state index contributed by atoms with van der Waals surface area (Å²) in [6.07, 6.45) is -0.893. The second-order valence-electron chi connectivity index (χ2n) is 20.8. The molecule has 84 heavy (non-hydrogen) atoms. The molecule has 0 aromatic heterocycles. The summed E-state index contributed by atoms with van der Waals surface area (Å²) in [6.45, 7) is 3.61. The number of carbonyl (C=O) groups excluding carboxylic acids is 3. The topological polar surface area (TPSA) is 298 Å². The fourth-order valence-corrected chi connectivity index (χ4v) is 11.3. The summed E-state index contributed by atoms with van der Waals surface area (Å²) in [5, 5.41) is 33.5. The number of β-lactam (4-membered cyclic amide) rings is 2. The van der Waals surface area contributed by atoms with Crippen LogP contribution in [-0.4, -0.2) is 83.1 Å². The van der Waals surface area contributed by atoms with Crippen LogP contribution in [0.15, 0.2) is 181 Å². The van der Waals surface area contributed by atoms with Crippen LogP contribution in [0.25, 0.3) is 66.7 Å². The first kappa shape index (κ1) is 54.1. The summed E-state index contributed by atoms with van der Waals surface area (Å²) in [6, 6.07) is 40.3. The number of fused-ring (bicyclic) bond motifs is 6. The highest BCUT2D eigenvalue weighted by molar-refractivity contribution is 6.07. The van der Waals surface area contributed by atoms with Crippen molar-refractivity contribution >= 4 is 62.8 Å². The molecule has 2 fully saturated rings. The Bertz CT molecular complexity index is 4300. The van der Waals surface area contributed by atoms with Gasteiger partial charge in [0.25, 0.3) is 0 Å². The third kappa shape index (κ3) is 10.3. The number of hydrogen-bond donors (Lipinski definition) is 3. The fraction of sp³-hybridized carbons (Fsp3) is 0.206. The lowest BCUT2D eigenvalue weighted by Gasteiger charge is -2.44. The Morgan fingerprint density at radius 3 is 1.50 bits per heavy atom. The highest BCUT2D eigenvalue weighted by Gasteiger charge is 2.58. The van der Waals surface area contributed by atoms with E-state index in [0.717, 1.165) is 16.7 Å². The Kier molecular flexibility index (Phi) is 14.3. The number of aromatic nitrogens is 2. The molecule has 21 heteroatoms. The average molecular weight is 1130 g/mol. The molecule has 6 heterocycles. The molecule has 5 aromatic rings. The predicted octanol–water partition coefficient (Wildman–Crippen LogP) is 9.16. The summed E-state index contributed by atoms with van der Waals surface area (Å²) < 4.78 is 29.3. The number of carboxylic acids is 1. The molecule has 0 spiro atoms. The maximum Gasteiger partial charge on any atom is 0.355 e. The largest absolute Gasteiger partial charge is 0.489 e. The van der Waals surface area contributed by atoms with Crippen LogP contribution in [0.1, 0.15) is 54.5 Å². The molecule has 8 aliphatic rings. The van der Waals surface area contributed by atoms with Gasteiger partial charge in [-0.3, -0.25) is 19.2 Å². The van der Waals surface area contributed by atoms with Crippen molar-refractivity contribution < 1.29 is 57.5 Å². The van der Waals surface area contributed by atoms with Crippen LogP contribution in [0.3, 0.4) is 0 Å². The zero-order valence-corrected chi connectivity index (χ0v) is 44.8. The predicted molar refractivity (Wildman–Crippen MR) is 303 cm³/mol. The summed E-state index contributed by atoms with van der Waals surface area (Å²) >= 11 is 0. The molecule has 420 valence electrons. The maximum atomic E-state index is 13.4. The number of ether oxygens (including phenoxy) is 3. The summed E-state index contributed by atoms with van der Waals surface area (Å²) in [5.41, 5.74) is 17.5. The Labute approximate surface area is 476 Å². The lowest BCUT2D eigenvalue weighted by atomic mass is 9.82. The Morgan fingerprint density at radius 2 is 1.05 bits per heavy atom. The number of aliphatic hydroxyl groups excluding tert-OH is 2. The van der Waals surface area contributed by atoms with Gasteiger partial charge in [-0.2, -0.15) is 0 Å². The molecule has 2 saturated heterocycles. The van der Waals surface area contributed by atoms with Gasteiger partial charge in [-0.05, 0) is 120 Å². The molecular weight excluding hydrogens is 1080 g/mol. The molecule has 0 bridgehead atoms. The van der Waals surface area contributed by atoms with E-state index >= 15 is 0 Å². The van der Waals surface area contributed by atoms with Crippen molar-refractivity contribution in [2.45, 2.75) is 70.8 Å². The molecule has 6 aliphatic heterocycles. The standard InChI is InChI=1S/C35H27N5O7.C28H22N2O7/c1-19(41)32-29-16-26(33(40(29)34(32)43)35(44)46-18-21-4-8-23(9-5-21)38-39-36)22-6-2-20(3-7-22)17-45-25-11-13-28-31(15-25)47-30-14-24(42)10-12-27(30)37-28;1-14(31)25-22-12-19(26(28(34)35)30(22)27(25)33)16-4-2-15(3-5-16)13-36-18-7-9-21-24(11-18)37-23-10-17(32)6-8-20(23)29-21/h2-15,19,29,32,41H,16-18H2,1H3;2-11,14,22,25,31H,12-13H2,1H3,(H,34,35)/t19-,29-,32-;14-,22-,25-/m11/s1. The van der Waals surface area contributed by atoms with Crippen LogP contribution < -0.4 is 20.3 Å². The first-order valence-corrected chi connectivity index (χ1v) is 26.8. The van der Waals surface area contributed by atoms with Gasteiger partial charge in [0.05, 0.1) is 36.1 Å². The number of nitrogens with zero attached hydrogens (tertiary/aromatic N) is 7. The van der Waals surface area contributed by atoms with Crippen molar-refractivity contribution in [3.8, 4) is 34.4 Å². The van der Waals surface area contributed by atoms with E-state index in [9.17, 15) is 44.1 Å². The van der Waals surface area contributed by atoms with Gasteiger partial charge in [-0.15, -0.1) is 0 Å². The van der Waals surface area contributed by atoms with Crippen molar-refractivity contribution in [1.82, 2.24) is 19.8 Å². The quantitative estimate of drug-likeness (QED) is 0.0215. The lowest BCUT2D eigenvalue weighted by molar-refractivity contribution is -0.162. The van der Waals surface area contributed by atoms with Crippen molar-refractivity contribution in [2.75, 3.05) is 0 Å². The number of amides is 2. The van der Waals surface area contributed by atoms with Crippen molar-refractivity contribution in [3.63, 3.8) is 0 Å². The second kappa shape index (κ2) is 22.1. The van der Waals surface area contributed by atoms with Gasteiger partial charge in [0.1, 0.15) is 65.1 Å². The number of carboxylic acid groups (broad SMARTS) is 1. The number of benzene rings is 7. The van der Waals surface area contributed by atoms with E-state index in [1.807, 2.05) is 48.5 Å². The molecule has 0 radical (unpaired) electrons. The van der Waals surface area contributed by atoms with E-state index in [-0.39, 0.29) is 66.0 Å². The molecule has 13 rings (SSSR count). The molecule has 3 N–H and O–H groups in total. The van der Waals surface area contributed by atoms with E-state index in [4.69, 9.17) is 28.6 Å². The Balaban J connectivity index is 0.000000170. The third-order valence-corrected chi connectivity index (χ3v) is 15.4. The van der Waals surface area contributed by atoms with Crippen molar-refractivity contribution in [2.24, 2.45) is 17.0 Å². The summed E-state index contributed by atoms with van der Waals surface area (Å²) in [5.74, 6) is -1.70. The molecule has 21 nitrogen and oxygen atoms in total. The van der Waals surface area contributed by atoms with Gasteiger partial charge in [0, 0.05) is 34.9 Å². The monoisotopic (exact) mass is 1130 g/mol. The molecule has 2 amide bonds. The minimum atomic E-state index is -1.15. The maximum absolute atomic E-state index is 13.4. The number of azide groups is 1. The highest BCUT2D eigenvalue weighted by atomic mass is 16.5. The normalized spacial score (nSPS) is 18.6. The SMILES string of the molecule is C[C@@H](O)[C@H]1C(=O)N2C(C(=O)O)=C(c3ccc(COc4ccc5nc6ccc(=O)cc-6oc5c4)cc3)C[C@H]12.C[C@@H](O)[C@H]1C(=O)N2C(C(=O)OCc3ccc(N=[N+]=[N-])cc3)=C(c3ccc(COc4ccc5nc6ccc(=O)cc-6oc5c4)cc3)C[C@H]12. The molecule has 5 aromatic carbocycles. The van der Waals surface area contributed by atoms with Crippen LogP contribution in [0.2, 0.25) is 0 Å². The van der Waals surface area contributed by atoms with Crippen molar-refractivity contribution in [1.29, 1.82) is 0 Å². The van der Waals surface area contributed by atoms with Gasteiger partial charge >= 0.3 is 11.9 Å². The Hall–Kier alpha value is -10.5. The molecule has 2 aliphatic carbocycles. The first-order valence-electron chi connectivity index (χ1n) is 26.8. The second-order valence-corrected chi connectivity index (χ2v) is 20.8. The van der Waals surface area contributed by atoms with E-state index in [1.54, 1.807) is 86.6 Å². The van der Waals surface area contributed by atoms with Gasteiger partial charge in [-0.25, -0.2) is 19.6 Å². The van der Waals surface area contributed by atoms with Gasteiger partial charge in [-0.1, -0.05) is 77.9 Å². The van der Waals surface area contributed by atoms with E-state index in [1.165, 1.54) is 34.1 Å². The smallest absolute Gasteiger partial charge is 0.355 e. The van der Waals surface area contributed by atoms with Gasteiger partial charge in [0.15, 0.2) is 33.5 Å². The molecule has 6 atom stereocenters. The Morgan fingerprint density at radius 1 is 0.607 bits per heavy atom.